The summed E-state index contributed by atoms with van der Waals surface area (Å²) in [5, 5.41) is 0. The second-order valence-electron chi connectivity index (χ2n) is 12.4. The third-order valence-electron chi connectivity index (χ3n) is 10.9. The van der Waals surface area contributed by atoms with Crippen LogP contribution in [0.15, 0.2) is 0 Å². The minimum atomic E-state index is 0.643. The van der Waals surface area contributed by atoms with Gasteiger partial charge in [-0.1, -0.05) is 91.4 Å². The quantitative estimate of drug-likeness (QED) is 0.441. The lowest BCUT2D eigenvalue weighted by atomic mass is 9.41. The first-order valence-electron chi connectivity index (χ1n) is 13.5. The molecule has 162 valence electrons. The van der Waals surface area contributed by atoms with Gasteiger partial charge < -0.3 is 0 Å². The van der Waals surface area contributed by atoms with E-state index in [1.165, 1.54) is 77.0 Å². The zero-order chi connectivity index (χ0) is 19.7. The highest BCUT2D eigenvalue weighted by Crippen LogP contribution is 2.68. The molecule has 4 atom stereocenters. The van der Waals surface area contributed by atoms with E-state index in [4.69, 9.17) is 0 Å². The van der Waals surface area contributed by atoms with Crippen molar-refractivity contribution in [3.63, 3.8) is 0 Å². The molecule has 0 aromatic heterocycles. The molecular weight excluding hydrogens is 336 g/mol. The van der Waals surface area contributed by atoms with Crippen molar-refractivity contribution >= 4 is 0 Å². The Hall–Kier alpha value is 0. The van der Waals surface area contributed by atoms with Crippen LogP contribution in [0, 0.1) is 34.0 Å². The highest BCUT2D eigenvalue weighted by molar-refractivity contribution is 5.08. The molecule has 0 spiro atoms. The predicted octanol–water partition coefficient (Wildman–Crippen LogP) is 9.32. The van der Waals surface area contributed by atoms with Crippen molar-refractivity contribution in [1.82, 2.24) is 0 Å². The van der Waals surface area contributed by atoms with Crippen LogP contribution in [0.5, 0.6) is 0 Å². The van der Waals surface area contributed by atoms with E-state index in [9.17, 15) is 0 Å². The van der Waals surface area contributed by atoms with Crippen LogP contribution in [0.4, 0.5) is 0 Å². The molecule has 4 aliphatic rings. The van der Waals surface area contributed by atoms with Crippen LogP contribution >= 0.6 is 0 Å². The van der Waals surface area contributed by atoms with E-state index in [0.29, 0.717) is 16.2 Å². The first-order valence-corrected chi connectivity index (χ1v) is 13.5. The molecule has 0 aromatic rings. The molecule has 0 heteroatoms. The summed E-state index contributed by atoms with van der Waals surface area (Å²) in [5.41, 5.74) is 1.99. The second kappa shape index (κ2) is 8.63. The first kappa shape index (κ1) is 21.2. The minimum absolute atomic E-state index is 0.643. The molecule has 0 amide bonds. The van der Waals surface area contributed by atoms with E-state index in [0.717, 1.165) is 17.8 Å². The smallest absolute Gasteiger partial charge is 0.0210 e. The van der Waals surface area contributed by atoms with Crippen LogP contribution in [0.2, 0.25) is 0 Å². The van der Waals surface area contributed by atoms with Gasteiger partial charge in [0, 0.05) is 0 Å². The van der Waals surface area contributed by atoms with Crippen molar-refractivity contribution < 1.29 is 0 Å². The van der Waals surface area contributed by atoms with Gasteiger partial charge in [0.2, 0.25) is 0 Å². The summed E-state index contributed by atoms with van der Waals surface area (Å²) in [6.45, 7) is 7.96. The highest BCUT2D eigenvalue weighted by Gasteiger charge is 2.59. The summed E-state index contributed by atoms with van der Waals surface area (Å²) in [4.78, 5) is 0. The zero-order valence-electron chi connectivity index (χ0n) is 19.7. The van der Waals surface area contributed by atoms with Crippen LogP contribution in [0.3, 0.4) is 0 Å². The van der Waals surface area contributed by atoms with Crippen LogP contribution in [-0.4, -0.2) is 0 Å². The molecule has 0 aliphatic heterocycles. The Bertz CT molecular complexity index is 492. The van der Waals surface area contributed by atoms with E-state index in [1.54, 1.807) is 44.9 Å². The fraction of sp³-hybridized carbons (Fsp3) is 1.00. The van der Waals surface area contributed by atoms with E-state index in [1.807, 2.05) is 0 Å². The van der Waals surface area contributed by atoms with E-state index < -0.39 is 0 Å². The molecule has 0 heterocycles. The average Bonchev–Trinajstić information content (AvgIpc) is 2.73. The van der Waals surface area contributed by atoms with Crippen LogP contribution in [0.25, 0.3) is 0 Å². The average molecular weight is 387 g/mol. The Balaban J connectivity index is 1.70. The van der Waals surface area contributed by atoms with Gasteiger partial charge in [-0.3, -0.25) is 0 Å². The fourth-order valence-electron chi connectivity index (χ4n) is 9.16. The Labute approximate surface area is 177 Å². The van der Waals surface area contributed by atoms with Crippen molar-refractivity contribution in [2.75, 3.05) is 0 Å². The molecule has 0 saturated heterocycles. The van der Waals surface area contributed by atoms with Gasteiger partial charge in [0.15, 0.2) is 0 Å². The Morgan fingerprint density at radius 2 is 1.39 bits per heavy atom. The zero-order valence-corrected chi connectivity index (χ0v) is 19.7. The Kier molecular flexibility index (Phi) is 6.54. The normalized spacial score (nSPS) is 40.6. The van der Waals surface area contributed by atoms with Crippen LogP contribution in [0.1, 0.15) is 143 Å². The van der Waals surface area contributed by atoms with Gasteiger partial charge in [-0.05, 0) is 85.4 Å². The molecule has 4 aliphatic carbocycles. The van der Waals surface area contributed by atoms with Crippen LogP contribution in [-0.2, 0) is 0 Å². The van der Waals surface area contributed by atoms with E-state index in [2.05, 4.69) is 20.8 Å². The van der Waals surface area contributed by atoms with Gasteiger partial charge in [-0.2, -0.15) is 0 Å². The Morgan fingerprint density at radius 1 is 0.750 bits per heavy atom. The molecule has 0 bridgehead atoms. The summed E-state index contributed by atoms with van der Waals surface area (Å²) in [7, 11) is 0. The second-order valence-corrected chi connectivity index (χ2v) is 12.4. The Morgan fingerprint density at radius 3 is 2.07 bits per heavy atom. The first-order chi connectivity index (χ1) is 13.5. The van der Waals surface area contributed by atoms with Crippen molar-refractivity contribution in [1.29, 1.82) is 0 Å². The van der Waals surface area contributed by atoms with Crippen molar-refractivity contribution in [2.45, 2.75) is 143 Å². The van der Waals surface area contributed by atoms with Crippen LogP contribution < -0.4 is 0 Å². The summed E-state index contributed by atoms with van der Waals surface area (Å²) in [6.07, 6.45) is 29.1. The molecule has 4 saturated carbocycles. The monoisotopic (exact) mass is 386 g/mol. The summed E-state index contributed by atoms with van der Waals surface area (Å²) < 4.78 is 0. The van der Waals surface area contributed by atoms with Gasteiger partial charge in [0.25, 0.3) is 0 Å². The summed E-state index contributed by atoms with van der Waals surface area (Å²) in [6, 6.07) is 0. The molecule has 4 rings (SSSR count). The van der Waals surface area contributed by atoms with Crippen molar-refractivity contribution in [2.24, 2.45) is 34.0 Å². The lowest BCUT2D eigenvalue weighted by Gasteiger charge is -2.64. The summed E-state index contributed by atoms with van der Waals surface area (Å²) in [5.74, 6) is 3.17. The molecule has 28 heavy (non-hydrogen) atoms. The minimum Gasteiger partial charge on any atom is -0.0654 e. The standard InChI is InChI=1S/C28H50/c1-4-5-20-28(27(3)18-12-7-13-19-27)22-24(26(2)16-10-6-11-17-26)21-23-14-8-9-15-25(23)28/h23-25H,4-22H2,1-3H3. The maximum absolute atomic E-state index is 2.79. The van der Waals surface area contributed by atoms with Gasteiger partial charge >= 0.3 is 0 Å². The number of hydrogen-bond acceptors (Lipinski definition) is 0. The molecule has 0 radical (unpaired) electrons. The maximum Gasteiger partial charge on any atom is -0.0210 e. The molecule has 0 aromatic carbocycles. The number of unbranched alkanes of at least 4 members (excludes halogenated alkanes) is 1. The number of rotatable bonds is 5. The third-order valence-corrected chi connectivity index (χ3v) is 10.9. The topological polar surface area (TPSA) is 0 Å². The predicted molar refractivity (Wildman–Crippen MR) is 123 cm³/mol. The number of hydrogen-bond donors (Lipinski definition) is 0. The third kappa shape index (κ3) is 3.73. The molecular formula is C28H50. The lowest BCUT2D eigenvalue weighted by Crippen LogP contribution is -2.55. The molecule has 0 N–H and O–H groups in total. The van der Waals surface area contributed by atoms with E-state index in [-0.39, 0.29) is 0 Å². The largest absolute Gasteiger partial charge is 0.0654 e. The lowest BCUT2D eigenvalue weighted by molar-refractivity contribution is -0.147. The fourth-order valence-corrected chi connectivity index (χ4v) is 9.16. The molecule has 0 nitrogen and oxygen atoms in total. The molecule has 4 unspecified atom stereocenters. The van der Waals surface area contributed by atoms with Crippen molar-refractivity contribution in [3.05, 3.63) is 0 Å². The summed E-state index contributed by atoms with van der Waals surface area (Å²) >= 11 is 0. The van der Waals surface area contributed by atoms with Gasteiger partial charge in [0.1, 0.15) is 0 Å². The van der Waals surface area contributed by atoms with Gasteiger partial charge in [0.05, 0.1) is 0 Å². The van der Waals surface area contributed by atoms with Crippen molar-refractivity contribution in [3.8, 4) is 0 Å². The SMILES string of the molecule is CCCCC1(C2(C)CCCCC2)CC(C2(C)CCCCC2)CC2CCCCC21. The highest BCUT2D eigenvalue weighted by atomic mass is 14.6. The maximum atomic E-state index is 2.79. The van der Waals surface area contributed by atoms with E-state index >= 15 is 0 Å². The number of fused-ring (bicyclic) bond motifs is 1. The molecule has 4 fully saturated rings. The van der Waals surface area contributed by atoms with Gasteiger partial charge in [-0.15, -0.1) is 0 Å². The van der Waals surface area contributed by atoms with Gasteiger partial charge in [-0.25, -0.2) is 0 Å².